The van der Waals surface area contributed by atoms with E-state index in [1.807, 2.05) is 91.0 Å². The van der Waals surface area contributed by atoms with Gasteiger partial charge in [0.25, 0.3) is 11.8 Å². The minimum absolute atomic E-state index is 0.00678. The van der Waals surface area contributed by atoms with Crippen LogP contribution in [-0.2, 0) is 35.1 Å². The number of carboxylic acids is 1. The summed E-state index contributed by atoms with van der Waals surface area (Å²) in [5.41, 5.74) is -0.552. The van der Waals surface area contributed by atoms with E-state index in [0.29, 0.717) is 5.13 Å². The van der Waals surface area contributed by atoms with Crippen molar-refractivity contribution in [3.8, 4) is 0 Å². The highest BCUT2D eigenvalue weighted by Crippen LogP contribution is 2.40. The molecule has 1 unspecified atom stereocenters. The summed E-state index contributed by atoms with van der Waals surface area (Å²) in [7, 11) is -4.79. The standard InChI is InChI=1S/C31H29N5O8S2/c1-30(2,28(39)40)44-35-25(26(37)32-23-18-36(27(23)38)46(41,42)43)24-19-45-29(33-24)34-31(20-12-6-3-7-13-20,21-14-8-4-9-15-21)22-16-10-5-11-17-22/h3-17,19,23H,18H2,1-2H3,(H,32,37)(H,33,34)(H,39,40)(H,41,42,43). The van der Waals surface area contributed by atoms with Crippen LogP contribution < -0.4 is 10.6 Å². The lowest BCUT2D eigenvalue weighted by Gasteiger charge is -2.36. The summed E-state index contributed by atoms with van der Waals surface area (Å²) in [6.07, 6.45) is 0. The molecule has 0 bridgehead atoms. The van der Waals surface area contributed by atoms with Crippen LogP contribution in [0.1, 0.15) is 36.2 Å². The van der Waals surface area contributed by atoms with E-state index in [-0.39, 0.29) is 10.00 Å². The molecule has 1 saturated heterocycles. The maximum atomic E-state index is 13.4. The van der Waals surface area contributed by atoms with Crippen LogP contribution in [-0.4, -0.2) is 69.0 Å². The Hall–Kier alpha value is -5.12. The molecule has 15 heteroatoms. The van der Waals surface area contributed by atoms with Crippen LogP contribution in [0.5, 0.6) is 0 Å². The van der Waals surface area contributed by atoms with Crippen LogP contribution in [0.2, 0.25) is 0 Å². The number of oxime groups is 1. The molecule has 2 heterocycles. The highest BCUT2D eigenvalue weighted by molar-refractivity contribution is 7.84. The lowest BCUT2D eigenvalue weighted by atomic mass is 9.77. The molecular formula is C31H29N5O8S2. The third-order valence-corrected chi connectivity index (χ3v) is 8.88. The zero-order valence-electron chi connectivity index (χ0n) is 24.5. The van der Waals surface area contributed by atoms with E-state index in [1.165, 1.54) is 19.2 Å². The zero-order chi connectivity index (χ0) is 33.1. The third kappa shape index (κ3) is 6.47. The predicted molar refractivity (Wildman–Crippen MR) is 169 cm³/mol. The van der Waals surface area contributed by atoms with Crippen LogP contribution >= 0.6 is 11.3 Å². The van der Waals surface area contributed by atoms with Gasteiger partial charge in [0.2, 0.25) is 5.60 Å². The number of aromatic nitrogens is 1. The van der Waals surface area contributed by atoms with E-state index in [2.05, 4.69) is 20.8 Å². The van der Waals surface area contributed by atoms with Gasteiger partial charge in [-0.1, -0.05) is 96.2 Å². The fourth-order valence-corrected chi connectivity index (χ4v) is 6.16. The Labute approximate surface area is 268 Å². The number of nitrogens with one attached hydrogen (secondary N) is 2. The normalized spacial score (nSPS) is 15.5. The quantitative estimate of drug-likeness (QED) is 0.0576. The van der Waals surface area contributed by atoms with Crippen molar-refractivity contribution in [3.63, 3.8) is 0 Å². The fraction of sp³-hybridized carbons (Fsp3) is 0.194. The smallest absolute Gasteiger partial charge is 0.362 e. The molecule has 238 valence electrons. The molecule has 1 atom stereocenters. The van der Waals surface area contributed by atoms with E-state index in [1.54, 1.807) is 0 Å². The summed E-state index contributed by atoms with van der Waals surface area (Å²) in [4.78, 5) is 47.2. The van der Waals surface area contributed by atoms with Crippen molar-refractivity contribution in [2.75, 3.05) is 11.9 Å². The molecule has 0 spiro atoms. The number of nitrogens with zero attached hydrogens (tertiary/aromatic N) is 3. The molecule has 1 aliphatic rings. The van der Waals surface area contributed by atoms with Gasteiger partial charge in [0.1, 0.15) is 17.3 Å². The van der Waals surface area contributed by atoms with Crippen LogP contribution in [0, 0.1) is 0 Å². The van der Waals surface area contributed by atoms with E-state index >= 15 is 0 Å². The van der Waals surface area contributed by atoms with Gasteiger partial charge >= 0.3 is 16.3 Å². The Morgan fingerprint density at radius 3 is 1.89 bits per heavy atom. The SMILES string of the molecule is CC(C)(ON=C(C(=O)NC1CN(S(=O)(=O)O)C1=O)c1csc(NC(c2ccccc2)(c2ccccc2)c2ccccc2)n1)C(=O)O. The number of carbonyl (C=O) groups is 3. The van der Waals surface area contributed by atoms with Crippen LogP contribution in [0.3, 0.4) is 0 Å². The van der Waals surface area contributed by atoms with Crippen molar-refractivity contribution >= 4 is 50.3 Å². The number of carboxylic acid groups (broad SMARTS) is 1. The second kappa shape index (κ2) is 12.7. The minimum atomic E-state index is -4.79. The molecule has 0 aliphatic carbocycles. The molecular weight excluding hydrogens is 635 g/mol. The number of rotatable bonds is 12. The maximum Gasteiger partial charge on any atom is 0.362 e. The van der Waals surface area contributed by atoms with Gasteiger partial charge in [-0.15, -0.1) is 11.3 Å². The highest BCUT2D eigenvalue weighted by atomic mass is 32.2. The Kier molecular flexibility index (Phi) is 8.92. The Morgan fingerprint density at radius 1 is 0.957 bits per heavy atom. The van der Waals surface area contributed by atoms with Crippen molar-refractivity contribution in [3.05, 3.63) is 119 Å². The molecule has 5 rings (SSSR count). The molecule has 46 heavy (non-hydrogen) atoms. The second-order valence-corrected chi connectivity index (χ2v) is 12.9. The fourth-order valence-electron chi connectivity index (χ4n) is 4.72. The summed E-state index contributed by atoms with van der Waals surface area (Å²) < 4.78 is 32.0. The van der Waals surface area contributed by atoms with E-state index < -0.39 is 57.5 Å². The largest absolute Gasteiger partial charge is 0.478 e. The average molecular weight is 664 g/mol. The van der Waals surface area contributed by atoms with E-state index in [9.17, 15) is 27.9 Å². The highest BCUT2D eigenvalue weighted by Gasteiger charge is 2.45. The summed E-state index contributed by atoms with van der Waals surface area (Å²) in [5, 5.41) is 21.1. The number of carbonyl (C=O) groups excluding carboxylic acids is 2. The summed E-state index contributed by atoms with van der Waals surface area (Å²) in [6.45, 7) is 1.96. The summed E-state index contributed by atoms with van der Waals surface area (Å²) in [5.74, 6) is -3.39. The second-order valence-electron chi connectivity index (χ2n) is 10.7. The number of amides is 2. The lowest BCUT2D eigenvalue weighted by molar-refractivity contribution is -0.161. The third-order valence-electron chi connectivity index (χ3n) is 7.23. The average Bonchev–Trinajstić information content (AvgIpc) is 3.50. The first kappa shape index (κ1) is 32.3. The molecule has 2 amide bonds. The summed E-state index contributed by atoms with van der Waals surface area (Å²) in [6, 6.07) is 27.9. The number of hydrogen-bond acceptors (Lipinski definition) is 10. The van der Waals surface area contributed by atoms with Crippen LogP contribution in [0.4, 0.5) is 5.13 Å². The minimum Gasteiger partial charge on any atom is -0.478 e. The van der Waals surface area contributed by atoms with Crippen LogP contribution in [0.15, 0.2) is 102 Å². The molecule has 3 aromatic carbocycles. The van der Waals surface area contributed by atoms with Gasteiger partial charge in [-0.3, -0.25) is 14.1 Å². The number of β-lactam (4-membered cyclic amide) rings is 1. The van der Waals surface area contributed by atoms with Gasteiger partial charge in [0, 0.05) is 5.38 Å². The van der Waals surface area contributed by atoms with Gasteiger partial charge in [-0.25, -0.2) is 14.1 Å². The molecule has 0 radical (unpaired) electrons. The Bertz CT molecular complexity index is 1780. The van der Waals surface area contributed by atoms with Crippen molar-refractivity contribution in [2.45, 2.75) is 31.0 Å². The monoisotopic (exact) mass is 663 g/mol. The predicted octanol–water partition coefficient (Wildman–Crippen LogP) is 3.26. The van der Waals surface area contributed by atoms with Crippen molar-refractivity contribution in [1.29, 1.82) is 0 Å². The van der Waals surface area contributed by atoms with Gasteiger partial charge < -0.3 is 20.6 Å². The van der Waals surface area contributed by atoms with Gasteiger partial charge in [0.15, 0.2) is 10.8 Å². The topological polar surface area (TPSA) is 188 Å². The first-order chi connectivity index (χ1) is 21.8. The molecule has 4 aromatic rings. The van der Waals surface area contributed by atoms with E-state index in [0.717, 1.165) is 28.0 Å². The van der Waals surface area contributed by atoms with Gasteiger partial charge in [-0.05, 0) is 30.5 Å². The lowest BCUT2D eigenvalue weighted by Crippen LogP contribution is -2.65. The van der Waals surface area contributed by atoms with Gasteiger partial charge in [-0.2, -0.15) is 8.42 Å². The molecule has 13 nitrogen and oxygen atoms in total. The maximum absolute atomic E-state index is 13.4. The zero-order valence-corrected chi connectivity index (χ0v) is 26.2. The molecule has 1 aromatic heterocycles. The number of anilines is 1. The molecule has 1 fully saturated rings. The molecule has 4 N–H and O–H groups in total. The molecule has 1 aliphatic heterocycles. The number of aliphatic carboxylic acids is 1. The molecule has 0 saturated carbocycles. The first-order valence-corrected chi connectivity index (χ1v) is 16.1. The first-order valence-electron chi connectivity index (χ1n) is 13.8. The number of thiazole rings is 1. The van der Waals surface area contributed by atoms with Crippen molar-refractivity contribution in [1.82, 2.24) is 14.6 Å². The van der Waals surface area contributed by atoms with E-state index in [4.69, 9.17) is 9.39 Å². The Balaban J connectivity index is 1.54. The summed E-state index contributed by atoms with van der Waals surface area (Å²) >= 11 is 1.15. The van der Waals surface area contributed by atoms with Crippen LogP contribution in [0.25, 0.3) is 0 Å². The van der Waals surface area contributed by atoms with Crippen molar-refractivity contribution < 1.29 is 37.3 Å². The van der Waals surface area contributed by atoms with Crippen molar-refractivity contribution in [2.24, 2.45) is 5.16 Å². The number of hydrogen-bond donors (Lipinski definition) is 4. The van der Waals surface area contributed by atoms with Gasteiger partial charge in [0.05, 0.1) is 6.54 Å². The number of benzene rings is 3. The Morgan fingerprint density at radius 2 is 1.46 bits per heavy atom.